The van der Waals surface area contributed by atoms with E-state index in [0.717, 1.165) is 22.4 Å². The van der Waals surface area contributed by atoms with E-state index in [1.165, 1.54) is 49.0 Å². The maximum Gasteiger partial charge on any atom is 0.209 e. The van der Waals surface area contributed by atoms with Crippen molar-refractivity contribution in [3.8, 4) is 28.8 Å². The summed E-state index contributed by atoms with van der Waals surface area (Å²) >= 11 is 1.53. The Balaban J connectivity index is 1.25. The van der Waals surface area contributed by atoms with Gasteiger partial charge in [-0.15, -0.1) is 11.3 Å². The fraction of sp³-hybridized carbons (Fsp3) is 0.281. The van der Waals surface area contributed by atoms with E-state index in [4.69, 9.17) is 14.5 Å². The summed E-state index contributed by atoms with van der Waals surface area (Å²) in [4.78, 5) is 9.34. The van der Waals surface area contributed by atoms with E-state index in [-0.39, 0.29) is 0 Å². The second-order valence-electron chi connectivity index (χ2n) is 9.43. The van der Waals surface area contributed by atoms with Crippen LogP contribution in [0, 0.1) is 11.3 Å². The third kappa shape index (κ3) is 6.30. The minimum absolute atomic E-state index is 0.292. The first-order valence-electron chi connectivity index (χ1n) is 13.2. The van der Waals surface area contributed by atoms with Gasteiger partial charge in [-0.25, -0.2) is 9.98 Å². The molecule has 0 atom stereocenters. The van der Waals surface area contributed by atoms with E-state index >= 15 is 0 Å². The Morgan fingerprint density at radius 3 is 2.61 bits per heavy atom. The highest BCUT2D eigenvalue weighted by Crippen LogP contribution is 2.34. The molecule has 1 saturated carbocycles. The Bertz CT molecular complexity index is 1430. The molecular formula is C32H31N3O2S. The number of thiazole rings is 1. The lowest BCUT2D eigenvalue weighted by Gasteiger charge is -2.22. The lowest BCUT2D eigenvalue weighted by Crippen LogP contribution is -2.04. The van der Waals surface area contributed by atoms with Crippen LogP contribution in [0.4, 0.5) is 5.13 Å². The van der Waals surface area contributed by atoms with Crippen molar-refractivity contribution < 1.29 is 9.47 Å². The summed E-state index contributed by atoms with van der Waals surface area (Å²) in [6.45, 7) is 2.75. The van der Waals surface area contributed by atoms with E-state index in [0.29, 0.717) is 41.3 Å². The van der Waals surface area contributed by atoms with Crippen LogP contribution in [0.3, 0.4) is 0 Å². The van der Waals surface area contributed by atoms with Crippen molar-refractivity contribution >= 4 is 22.7 Å². The number of aromatic nitrogens is 1. The summed E-state index contributed by atoms with van der Waals surface area (Å²) in [6, 6.07) is 24.3. The minimum Gasteiger partial charge on any atom is -0.490 e. The largest absolute Gasteiger partial charge is 0.490 e. The molecule has 1 aromatic heterocycles. The van der Waals surface area contributed by atoms with Crippen molar-refractivity contribution in [3.05, 3.63) is 94.4 Å². The van der Waals surface area contributed by atoms with Gasteiger partial charge in [-0.1, -0.05) is 61.7 Å². The van der Waals surface area contributed by atoms with Crippen molar-refractivity contribution in [1.29, 1.82) is 5.26 Å². The van der Waals surface area contributed by atoms with Crippen LogP contribution in [0.25, 0.3) is 11.3 Å². The molecule has 1 aliphatic rings. The van der Waals surface area contributed by atoms with E-state index in [1.54, 1.807) is 12.3 Å². The average molecular weight is 522 g/mol. The van der Waals surface area contributed by atoms with E-state index in [2.05, 4.69) is 40.7 Å². The molecule has 0 N–H and O–H groups in total. The third-order valence-corrected chi connectivity index (χ3v) is 7.64. The molecule has 192 valence electrons. The van der Waals surface area contributed by atoms with Gasteiger partial charge in [0, 0.05) is 22.7 Å². The van der Waals surface area contributed by atoms with Crippen LogP contribution in [0.5, 0.6) is 11.5 Å². The van der Waals surface area contributed by atoms with E-state index < -0.39 is 0 Å². The highest BCUT2D eigenvalue weighted by atomic mass is 32.1. The lowest BCUT2D eigenvalue weighted by molar-refractivity contribution is 0.269. The summed E-state index contributed by atoms with van der Waals surface area (Å²) in [7, 11) is 0. The fourth-order valence-electron chi connectivity index (χ4n) is 4.85. The molecule has 4 aromatic rings. The fourth-order valence-corrected chi connectivity index (χ4v) is 5.52. The van der Waals surface area contributed by atoms with Gasteiger partial charge in [0.05, 0.1) is 23.9 Å². The molecule has 0 unspecified atom stereocenters. The summed E-state index contributed by atoms with van der Waals surface area (Å²) in [6.07, 6.45) is 8.48. The Kier molecular flexibility index (Phi) is 8.47. The summed E-state index contributed by atoms with van der Waals surface area (Å²) < 4.78 is 11.8. The number of hydrogen-bond donors (Lipinski definition) is 0. The lowest BCUT2D eigenvalue weighted by atomic mass is 9.84. The Morgan fingerprint density at radius 2 is 1.82 bits per heavy atom. The quantitative estimate of drug-likeness (QED) is 0.207. The van der Waals surface area contributed by atoms with Gasteiger partial charge >= 0.3 is 0 Å². The SMILES string of the molecule is CCOc1cc(C=Nc2nc(-c3ccc(C4CCCCC4)cc3)cs2)ccc1OCc1ccccc1C#N. The minimum atomic E-state index is 0.292. The molecule has 38 heavy (non-hydrogen) atoms. The molecule has 6 heteroatoms. The van der Waals surface area contributed by atoms with E-state index in [9.17, 15) is 5.26 Å². The zero-order valence-corrected chi connectivity index (χ0v) is 22.4. The molecule has 0 spiro atoms. The maximum atomic E-state index is 9.32. The maximum absolute atomic E-state index is 9.32. The molecule has 5 rings (SSSR count). The second kappa shape index (κ2) is 12.5. The van der Waals surface area contributed by atoms with E-state index in [1.807, 2.05) is 43.3 Å². The van der Waals surface area contributed by atoms with Crippen molar-refractivity contribution in [1.82, 2.24) is 4.98 Å². The second-order valence-corrected chi connectivity index (χ2v) is 10.3. The van der Waals surface area contributed by atoms with Crippen LogP contribution in [-0.4, -0.2) is 17.8 Å². The smallest absolute Gasteiger partial charge is 0.209 e. The first-order valence-corrected chi connectivity index (χ1v) is 14.1. The molecule has 1 fully saturated rings. The predicted molar refractivity (Wildman–Crippen MR) is 154 cm³/mol. The van der Waals surface area contributed by atoms with Gasteiger partial charge in [0.2, 0.25) is 5.13 Å². The van der Waals surface area contributed by atoms with Crippen LogP contribution in [0.2, 0.25) is 0 Å². The van der Waals surface area contributed by atoms with Crippen LogP contribution >= 0.6 is 11.3 Å². The summed E-state index contributed by atoms with van der Waals surface area (Å²) in [5.41, 5.74) is 5.87. The van der Waals surface area contributed by atoms with Gasteiger partial charge in [0.15, 0.2) is 11.5 Å². The van der Waals surface area contributed by atoms with Crippen LogP contribution in [-0.2, 0) is 6.61 Å². The summed E-state index contributed by atoms with van der Waals surface area (Å²) in [5, 5.41) is 12.1. The number of hydrogen-bond acceptors (Lipinski definition) is 6. The Hall–Kier alpha value is -3.95. The summed E-state index contributed by atoms with van der Waals surface area (Å²) in [5.74, 6) is 1.98. The number of benzene rings is 3. The van der Waals surface area contributed by atoms with Gasteiger partial charge in [0.1, 0.15) is 6.61 Å². The predicted octanol–water partition coefficient (Wildman–Crippen LogP) is 8.46. The van der Waals surface area contributed by atoms with Crippen molar-refractivity contribution in [2.75, 3.05) is 6.61 Å². The number of rotatable bonds is 9. The molecule has 5 nitrogen and oxygen atoms in total. The van der Waals surface area contributed by atoms with Crippen LogP contribution in [0.15, 0.2) is 77.1 Å². The zero-order valence-electron chi connectivity index (χ0n) is 21.6. The standard InChI is InChI=1S/C32H31N3O2S/c1-2-36-31-18-23(12-17-30(31)37-21-28-11-7-6-10-27(28)19-33)20-34-32-35-29(22-38-32)26-15-13-25(14-16-26)24-8-4-3-5-9-24/h6-7,10-18,20,22,24H,2-5,8-9,21H2,1H3. The normalized spacial score (nSPS) is 13.9. The molecule has 0 radical (unpaired) electrons. The average Bonchev–Trinajstić information content (AvgIpc) is 3.45. The molecule has 0 bridgehead atoms. The molecule has 0 aliphatic heterocycles. The topological polar surface area (TPSA) is 67.5 Å². The highest BCUT2D eigenvalue weighted by Gasteiger charge is 2.15. The van der Waals surface area contributed by atoms with Gasteiger partial charge in [-0.05, 0) is 61.1 Å². The monoisotopic (exact) mass is 521 g/mol. The van der Waals surface area contributed by atoms with Crippen molar-refractivity contribution in [2.45, 2.75) is 51.6 Å². The molecule has 0 amide bonds. The molecule has 1 heterocycles. The van der Waals surface area contributed by atoms with Gasteiger partial charge in [-0.2, -0.15) is 5.26 Å². The van der Waals surface area contributed by atoms with Gasteiger partial charge in [0.25, 0.3) is 0 Å². The number of nitriles is 1. The Morgan fingerprint density at radius 1 is 1.00 bits per heavy atom. The number of ether oxygens (including phenoxy) is 2. The molecule has 0 saturated heterocycles. The van der Waals surface area contributed by atoms with Crippen molar-refractivity contribution in [3.63, 3.8) is 0 Å². The van der Waals surface area contributed by atoms with Crippen LogP contribution < -0.4 is 9.47 Å². The van der Waals surface area contributed by atoms with Crippen molar-refractivity contribution in [2.24, 2.45) is 4.99 Å². The first-order chi connectivity index (χ1) is 18.7. The van der Waals surface area contributed by atoms with Gasteiger partial charge < -0.3 is 9.47 Å². The number of aliphatic imine (C=N–C) groups is 1. The number of nitrogens with zero attached hydrogens (tertiary/aromatic N) is 3. The molecule has 3 aromatic carbocycles. The van der Waals surface area contributed by atoms with Crippen LogP contribution in [0.1, 0.15) is 67.2 Å². The molecule has 1 aliphatic carbocycles. The zero-order chi connectivity index (χ0) is 26.2. The van der Waals surface area contributed by atoms with Gasteiger partial charge in [-0.3, -0.25) is 0 Å². The third-order valence-electron chi connectivity index (χ3n) is 6.89. The first kappa shape index (κ1) is 25.7. The highest BCUT2D eigenvalue weighted by molar-refractivity contribution is 7.13. The molecular weight excluding hydrogens is 490 g/mol. The Labute approximate surface area is 228 Å².